The summed E-state index contributed by atoms with van der Waals surface area (Å²) in [5.41, 5.74) is 1.76. The molecule has 1 aromatic rings. The van der Waals surface area contributed by atoms with E-state index in [1.807, 2.05) is 18.2 Å². The second kappa shape index (κ2) is 9.73. The monoisotopic (exact) mass is 427 g/mol. The molecule has 4 rings (SSSR count). The van der Waals surface area contributed by atoms with Crippen LogP contribution in [0.25, 0.3) is 6.08 Å². The maximum atomic E-state index is 12.8. The predicted octanol–water partition coefficient (Wildman–Crippen LogP) is 2.44. The third-order valence-corrected chi connectivity index (χ3v) is 6.85. The van der Waals surface area contributed by atoms with Gasteiger partial charge in [-0.1, -0.05) is 6.42 Å². The molecule has 7 nitrogen and oxygen atoms in total. The minimum Gasteiger partial charge on any atom is -0.493 e. The molecular weight excluding hydrogens is 394 g/mol. The maximum absolute atomic E-state index is 12.8. The molecule has 2 atom stereocenters. The molecule has 0 spiro atoms. The number of rotatable bonds is 6. The Balaban J connectivity index is 1.35. The standard InChI is InChI=1S/C24H33N3O4/c1-30-21-12-17-8-11-27(24(29)14-19(17)13-22(21)31-2)16-23(28)25-15-18-6-5-10-26-9-4-3-7-20(18)26/h8,11-13,18,20H,3-7,9-10,14-16H2,1-2H3,(H,25,28)/t18-,20-/m0/s1. The van der Waals surface area contributed by atoms with Crippen molar-refractivity contribution in [3.8, 4) is 11.5 Å². The van der Waals surface area contributed by atoms with Crippen molar-refractivity contribution in [1.29, 1.82) is 0 Å². The Morgan fingerprint density at radius 3 is 2.68 bits per heavy atom. The fourth-order valence-corrected chi connectivity index (χ4v) is 5.17. The summed E-state index contributed by atoms with van der Waals surface area (Å²) in [5, 5.41) is 3.10. The first-order chi connectivity index (χ1) is 15.1. The largest absolute Gasteiger partial charge is 0.493 e. The molecule has 31 heavy (non-hydrogen) atoms. The Bertz CT molecular complexity index is 851. The molecule has 3 aliphatic heterocycles. The first-order valence-corrected chi connectivity index (χ1v) is 11.3. The fraction of sp³-hybridized carbons (Fsp3) is 0.583. The van der Waals surface area contributed by atoms with Crippen LogP contribution < -0.4 is 14.8 Å². The van der Waals surface area contributed by atoms with E-state index in [1.165, 1.54) is 50.1 Å². The van der Waals surface area contributed by atoms with Crippen LogP contribution in [0.1, 0.15) is 43.2 Å². The van der Waals surface area contributed by atoms with Crippen molar-refractivity contribution in [2.75, 3.05) is 40.4 Å². The van der Waals surface area contributed by atoms with E-state index in [0.29, 0.717) is 30.0 Å². The Kier molecular flexibility index (Phi) is 6.80. The van der Waals surface area contributed by atoms with Crippen molar-refractivity contribution in [2.45, 2.75) is 44.6 Å². The second-order valence-corrected chi connectivity index (χ2v) is 8.73. The molecule has 0 aromatic heterocycles. The van der Waals surface area contributed by atoms with Gasteiger partial charge < -0.3 is 24.6 Å². The Morgan fingerprint density at radius 1 is 1.10 bits per heavy atom. The Morgan fingerprint density at radius 2 is 1.87 bits per heavy atom. The Labute approximate surface area is 184 Å². The molecule has 1 aromatic carbocycles. The molecule has 1 N–H and O–H groups in total. The number of nitrogens with one attached hydrogen (secondary N) is 1. The van der Waals surface area contributed by atoms with Crippen molar-refractivity contribution in [1.82, 2.24) is 15.1 Å². The van der Waals surface area contributed by atoms with Crippen molar-refractivity contribution >= 4 is 17.9 Å². The molecule has 2 fully saturated rings. The lowest BCUT2D eigenvalue weighted by atomic mass is 9.83. The summed E-state index contributed by atoms with van der Waals surface area (Å²) in [6.07, 6.45) is 9.96. The molecule has 0 bridgehead atoms. The number of hydrogen-bond donors (Lipinski definition) is 1. The number of methoxy groups -OCH3 is 2. The number of carbonyl (C=O) groups excluding carboxylic acids is 2. The first-order valence-electron chi connectivity index (χ1n) is 11.3. The van der Waals surface area contributed by atoms with Gasteiger partial charge in [-0.25, -0.2) is 0 Å². The summed E-state index contributed by atoms with van der Waals surface area (Å²) >= 11 is 0. The molecule has 2 amide bonds. The van der Waals surface area contributed by atoms with Crippen LogP contribution in [0, 0.1) is 5.92 Å². The molecule has 0 aliphatic carbocycles. The van der Waals surface area contributed by atoms with Crippen molar-refractivity contribution in [2.24, 2.45) is 5.92 Å². The topological polar surface area (TPSA) is 71.1 Å². The molecule has 0 saturated carbocycles. The summed E-state index contributed by atoms with van der Waals surface area (Å²) in [7, 11) is 3.17. The molecule has 2 saturated heterocycles. The van der Waals surface area contributed by atoms with E-state index in [4.69, 9.17) is 9.47 Å². The van der Waals surface area contributed by atoms with Gasteiger partial charge in [-0.2, -0.15) is 0 Å². The van der Waals surface area contributed by atoms with Crippen LogP contribution >= 0.6 is 0 Å². The van der Waals surface area contributed by atoms with E-state index in [9.17, 15) is 9.59 Å². The molecular formula is C24H33N3O4. The summed E-state index contributed by atoms with van der Waals surface area (Å²) in [6, 6.07) is 4.29. The average Bonchev–Trinajstić information content (AvgIpc) is 2.94. The van der Waals surface area contributed by atoms with Crippen LogP contribution in [0.4, 0.5) is 0 Å². The van der Waals surface area contributed by atoms with E-state index in [-0.39, 0.29) is 24.8 Å². The predicted molar refractivity (Wildman–Crippen MR) is 119 cm³/mol. The average molecular weight is 428 g/mol. The summed E-state index contributed by atoms with van der Waals surface area (Å²) in [5.74, 6) is 1.52. The smallest absolute Gasteiger partial charge is 0.240 e. The van der Waals surface area contributed by atoms with Gasteiger partial charge in [-0.3, -0.25) is 9.59 Å². The minimum absolute atomic E-state index is 0.0404. The van der Waals surface area contributed by atoms with E-state index < -0.39 is 0 Å². The minimum atomic E-state index is -0.105. The van der Waals surface area contributed by atoms with Gasteiger partial charge in [-0.05, 0) is 74.0 Å². The van der Waals surface area contributed by atoms with Crippen LogP contribution in [-0.4, -0.2) is 68.1 Å². The number of nitrogens with zero attached hydrogens (tertiary/aromatic N) is 2. The van der Waals surface area contributed by atoms with Gasteiger partial charge >= 0.3 is 0 Å². The highest BCUT2D eigenvalue weighted by Gasteiger charge is 2.33. The van der Waals surface area contributed by atoms with Crippen LogP contribution in [0.3, 0.4) is 0 Å². The molecule has 168 valence electrons. The van der Waals surface area contributed by atoms with E-state index >= 15 is 0 Å². The SMILES string of the molecule is COc1cc2c(cc1OC)CC(=O)N(CC(=O)NC[C@@H]1CCCN3CCCC[C@@H]13)C=C2. The highest BCUT2D eigenvalue weighted by molar-refractivity contribution is 5.89. The van der Waals surface area contributed by atoms with Gasteiger partial charge in [0.05, 0.1) is 20.6 Å². The normalized spacial score (nSPS) is 23.5. The summed E-state index contributed by atoms with van der Waals surface area (Å²) in [4.78, 5) is 29.5. The molecule has 0 radical (unpaired) electrons. The highest BCUT2D eigenvalue weighted by Crippen LogP contribution is 2.33. The van der Waals surface area contributed by atoms with Crippen LogP contribution in [-0.2, 0) is 16.0 Å². The Hall–Kier alpha value is -2.54. The van der Waals surface area contributed by atoms with Gasteiger partial charge in [0.25, 0.3) is 0 Å². The summed E-state index contributed by atoms with van der Waals surface area (Å²) in [6.45, 7) is 3.12. The van der Waals surface area contributed by atoms with Crippen LogP contribution in [0.2, 0.25) is 0 Å². The molecule has 0 unspecified atom stereocenters. The van der Waals surface area contributed by atoms with Crippen molar-refractivity contribution in [3.63, 3.8) is 0 Å². The van der Waals surface area contributed by atoms with Crippen molar-refractivity contribution in [3.05, 3.63) is 29.5 Å². The van der Waals surface area contributed by atoms with Gasteiger partial charge in [0.1, 0.15) is 6.54 Å². The van der Waals surface area contributed by atoms with Crippen LogP contribution in [0.5, 0.6) is 11.5 Å². The van der Waals surface area contributed by atoms with Gasteiger partial charge in [0.2, 0.25) is 11.8 Å². The molecule has 3 aliphatic rings. The number of fused-ring (bicyclic) bond motifs is 2. The molecule has 7 heteroatoms. The lowest BCUT2D eigenvalue weighted by Crippen LogP contribution is -2.51. The van der Waals surface area contributed by atoms with Crippen molar-refractivity contribution < 1.29 is 19.1 Å². The molecule has 3 heterocycles. The lowest BCUT2D eigenvalue weighted by Gasteiger charge is -2.44. The first kappa shape index (κ1) is 21.7. The third-order valence-electron chi connectivity index (χ3n) is 6.85. The van der Waals surface area contributed by atoms with E-state index in [2.05, 4.69) is 10.2 Å². The highest BCUT2D eigenvalue weighted by atomic mass is 16.5. The number of hydrogen-bond acceptors (Lipinski definition) is 5. The maximum Gasteiger partial charge on any atom is 0.240 e. The fourth-order valence-electron chi connectivity index (χ4n) is 5.17. The number of amides is 2. The van der Waals surface area contributed by atoms with E-state index in [0.717, 1.165) is 11.1 Å². The zero-order chi connectivity index (χ0) is 21.8. The zero-order valence-electron chi connectivity index (χ0n) is 18.6. The zero-order valence-corrected chi connectivity index (χ0v) is 18.6. The number of benzene rings is 1. The third kappa shape index (κ3) is 4.87. The van der Waals surface area contributed by atoms with Gasteiger partial charge in [-0.15, -0.1) is 0 Å². The van der Waals surface area contributed by atoms with Gasteiger partial charge in [0, 0.05) is 18.8 Å². The second-order valence-electron chi connectivity index (χ2n) is 8.73. The number of piperidine rings is 2. The lowest BCUT2D eigenvalue weighted by molar-refractivity contribution is -0.133. The number of ether oxygens (including phenoxy) is 2. The number of carbonyl (C=O) groups is 2. The van der Waals surface area contributed by atoms with Gasteiger partial charge in [0.15, 0.2) is 11.5 Å². The quantitative estimate of drug-likeness (QED) is 0.755. The van der Waals surface area contributed by atoms with E-state index in [1.54, 1.807) is 20.4 Å². The van der Waals surface area contributed by atoms with Crippen LogP contribution in [0.15, 0.2) is 18.3 Å². The summed E-state index contributed by atoms with van der Waals surface area (Å²) < 4.78 is 10.7.